The predicted octanol–water partition coefficient (Wildman–Crippen LogP) is 5.09. The number of carbonyl (C=O) groups excluding carboxylic acids is 1. The minimum atomic E-state index is -4.48. The third-order valence-corrected chi connectivity index (χ3v) is 3.39. The van der Waals surface area contributed by atoms with E-state index in [9.17, 15) is 18.0 Å². The summed E-state index contributed by atoms with van der Waals surface area (Å²) in [6.45, 7) is 5.92. The van der Waals surface area contributed by atoms with Crippen molar-refractivity contribution in [2.45, 2.75) is 33.0 Å². The molecule has 24 heavy (non-hydrogen) atoms. The van der Waals surface area contributed by atoms with E-state index in [0.717, 1.165) is 23.4 Å². The van der Waals surface area contributed by atoms with Crippen LogP contribution in [-0.4, -0.2) is 11.9 Å². The largest absolute Gasteiger partial charge is 0.416 e. The molecule has 0 bridgehead atoms. The van der Waals surface area contributed by atoms with Gasteiger partial charge in [-0.2, -0.15) is 13.2 Å². The molecule has 0 saturated heterocycles. The zero-order valence-electron chi connectivity index (χ0n) is 13.7. The fourth-order valence-corrected chi connectivity index (χ4v) is 2.21. The summed E-state index contributed by atoms with van der Waals surface area (Å²) >= 11 is 0. The molecule has 0 unspecified atom stereocenters. The van der Waals surface area contributed by atoms with E-state index < -0.39 is 17.6 Å². The fraction of sp³-hybridized carbons (Fsp3) is 0.278. The Bertz CT molecular complexity index is 739. The first-order chi connectivity index (χ1) is 11.2. The van der Waals surface area contributed by atoms with Gasteiger partial charge < -0.3 is 10.6 Å². The molecular formula is C18H19F3N2O. The maximum absolute atomic E-state index is 12.7. The Kier molecular flexibility index (Phi) is 5.17. The van der Waals surface area contributed by atoms with Crippen LogP contribution in [0.2, 0.25) is 0 Å². The Morgan fingerprint density at radius 2 is 1.79 bits per heavy atom. The van der Waals surface area contributed by atoms with Crippen molar-refractivity contribution in [2.75, 3.05) is 10.6 Å². The number of aryl methyl sites for hydroxylation is 1. The highest BCUT2D eigenvalue weighted by Gasteiger charge is 2.30. The number of hydrogen-bond acceptors (Lipinski definition) is 2. The molecule has 0 saturated carbocycles. The summed E-state index contributed by atoms with van der Waals surface area (Å²) in [5, 5.41) is 5.89. The highest BCUT2D eigenvalue weighted by Crippen LogP contribution is 2.30. The Labute approximate surface area is 138 Å². The summed E-state index contributed by atoms with van der Waals surface area (Å²) in [6, 6.07) is 9.90. The zero-order valence-corrected chi connectivity index (χ0v) is 13.7. The van der Waals surface area contributed by atoms with Crippen LogP contribution < -0.4 is 10.6 Å². The summed E-state index contributed by atoms with van der Waals surface area (Å²) in [7, 11) is 0. The van der Waals surface area contributed by atoms with Crippen molar-refractivity contribution in [2.24, 2.45) is 0 Å². The minimum absolute atomic E-state index is 0.0382. The second-order valence-corrected chi connectivity index (χ2v) is 5.86. The molecule has 0 aromatic heterocycles. The summed E-state index contributed by atoms with van der Waals surface area (Å²) < 4.78 is 38.2. The van der Waals surface area contributed by atoms with E-state index in [1.165, 1.54) is 12.1 Å². The van der Waals surface area contributed by atoms with Gasteiger partial charge in [0.2, 0.25) is 0 Å². The van der Waals surface area contributed by atoms with Gasteiger partial charge in [-0.15, -0.1) is 0 Å². The number of anilines is 2. The predicted molar refractivity (Wildman–Crippen MR) is 89.3 cm³/mol. The number of halogens is 3. The molecule has 2 rings (SSSR count). The van der Waals surface area contributed by atoms with Crippen LogP contribution in [0.1, 0.15) is 35.3 Å². The number of benzene rings is 2. The summed E-state index contributed by atoms with van der Waals surface area (Å²) in [5.41, 5.74) is 1.52. The number of alkyl halides is 3. The Balaban J connectivity index is 2.21. The van der Waals surface area contributed by atoms with Crippen LogP contribution >= 0.6 is 0 Å². The van der Waals surface area contributed by atoms with Crippen molar-refractivity contribution < 1.29 is 18.0 Å². The summed E-state index contributed by atoms with van der Waals surface area (Å²) in [4.78, 5) is 12.2. The SMILES string of the molecule is Cc1ccc(NC(=O)c2cccc(C(F)(F)F)c2)cc1NC(C)C. The first kappa shape index (κ1) is 17.8. The van der Waals surface area contributed by atoms with Gasteiger partial charge in [0.15, 0.2) is 0 Å². The topological polar surface area (TPSA) is 41.1 Å². The number of hydrogen-bond donors (Lipinski definition) is 2. The van der Waals surface area contributed by atoms with Gasteiger partial charge in [0.05, 0.1) is 5.56 Å². The monoisotopic (exact) mass is 336 g/mol. The second kappa shape index (κ2) is 6.95. The van der Waals surface area contributed by atoms with Crippen molar-refractivity contribution in [1.82, 2.24) is 0 Å². The number of nitrogens with one attached hydrogen (secondary N) is 2. The van der Waals surface area contributed by atoms with Gasteiger partial charge >= 0.3 is 6.18 Å². The van der Waals surface area contributed by atoms with Crippen molar-refractivity contribution >= 4 is 17.3 Å². The van der Waals surface area contributed by atoms with Crippen molar-refractivity contribution in [3.63, 3.8) is 0 Å². The number of carbonyl (C=O) groups is 1. The van der Waals surface area contributed by atoms with E-state index in [0.29, 0.717) is 5.69 Å². The van der Waals surface area contributed by atoms with Crippen LogP contribution in [0.4, 0.5) is 24.5 Å². The van der Waals surface area contributed by atoms with Gasteiger partial charge in [0.25, 0.3) is 5.91 Å². The van der Waals surface area contributed by atoms with E-state index in [1.54, 1.807) is 12.1 Å². The zero-order chi connectivity index (χ0) is 17.9. The molecule has 1 amide bonds. The third-order valence-electron chi connectivity index (χ3n) is 3.39. The molecule has 0 aliphatic heterocycles. The lowest BCUT2D eigenvalue weighted by Crippen LogP contribution is -2.15. The molecule has 0 atom stereocenters. The lowest BCUT2D eigenvalue weighted by Gasteiger charge is -2.15. The molecule has 0 spiro atoms. The van der Waals surface area contributed by atoms with Gasteiger partial charge in [-0.1, -0.05) is 12.1 Å². The van der Waals surface area contributed by atoms with E-state index >= 15 is 0 Å². The molecule has 2 aromatic rings. The molecular weight excluding hydrogens is 317 g/mol. The molecule has 2 N–H and O–H groups in total. The molecule has 0 heterocycles. The lowest BCUT2D eigenvalue weighted by atomic mass is 10.1. The highest BCUT2D eigenvalue weighted by molar-refractivity contribution is 6.04. The molecule has 0 fully saturated rings. The summed E-state index contributed by atoms with van der Waals surface area (Å²) in [6.07, 6.45) is -4.48. The van der Waals surface area contributed by atoms with Crippen molar-refractivity contribution in [3.8, 4) is 0 Å². The average molecular weight is 336 g/mol. The maximum atomic E-state index is 12.7. The Hall–Kier alpha value is -2.50. The van der Waals surface area contributed by atoms with Crippen molar-refractivity contribution in [3.05, 3.63) is 59.2 Å². The van der Waals surface area contributed by atoms with Crippen LogP contribution in [0.5, 0.6) is 0 Å². The molecule has 6 heteroatoms. The van der Waals surface area contributed by atoms with Gasteiger partial charge in [-0.25, -0.2) is 0 Å². The molecule has 3 nitrogen and oxygen atoms in total. The Morgan fingerprint density at radius 3 is 2.42 bits per heavy atom. The van der Waals surface area contributed by atoms with E-state index in [4.69, 9.17) is 0 Å². The molecule has 0 radical (unpaired) electrons. The lowest BCUT2D eigenvalue weighted by molar-refractivity contribution is -0.137. The maximum Gasteiger partial charge on any atom is 0.416 e. The molecule has 2 aromatic carbocycles. The smallest absolute Gasteiger partial charge is 0.383 e. The third kappa shape index (κ3) is 4.50. The highest BCUT2D eigenvalue weighted by atomic mass is 19.4. The first-order valence-corrected chi connectivity index (χ1v) is 7.52. The van der Waals surface area contributed by atoms with Gasteiger partial charge in [-0.05, 0) is 56.7 Å². The van der Waals surface area contributed by atoms with Gasteiger partial charge in [0, 0.05) is 23.0 Å². The van der Waals surface area contributed by atoms with E-state index in [2.05, 4.69) is 10.6 Å². The summed E-state index contributed by atoms with van der Waals surface area (Å²) in [5.74, 6) is -0.583. The van der Waals surface area contributed by atoms with Crippen LogP contribution in [0, 0.1) is 6.92 Å². The molecule has 0 aliphatic rings. The van der Waals surface area contributed by atoms with Crippen LogP contribution in [0.15, 0.2) is 42.5 Å². The minimum Gasteiger partial charge on any atom is -0.383 e. The Morgan fingerprint density at radius 1 is 1.08 bits per heavy atom. The van der Waals surface area contributed by atoms with Crippen LogP contribution in [-0.2, 0) is 6.18 Å². The van der Waals surface area contributed by atoms with Crippen LogP contribution in [0.25, 0.3) is 0 Å². The van der Waals surface area contributed by atoms with Crippen molar-refractivity contribution in [1.29, 1.82) is 0 Å². The quantitative estimate of drug-likeness (QED) is 0.817. The fourth-order valence-electron chi connectivity index (χ4n) is 2.21. The normalized spacial score (nSPS) is 11.5. The first-order valence-electron chi connectivity index (χ1n) is 7.52. The standard InChI is InChI=1S/C18H19F3N2O/c1-11(2)22-16-10-15(8-7-12(16)3)23-17(24)13-5-4-6-14(9-13)18(19,20)21/h4-11,22H,1-3H3,(H,23,24). The molecule has 0 aliphatic carbocycles. The van der Waals surface area contributed by atoms with Gasteiger partial charge in [-0.3, -0.25) is 4.79 Å². The number of rotatable bonds is 4. The molecule has 128 valence electrons. The average Bonchev–Trinajstić information content (AvgIpc) is 2.49. The van der Waals surface area contributed by atoms with E-state index in [1.807, 2.05) is 26.8 Å². The number of amides is 1. The van der Waals surface area contributed by atoms with Crippen LogP contribution in [0.3, 0.4) is 0 Å². The second-order valence-electron chi connectivity index (χ2n) is 5.86. The van der Waals surface area contributed by atoms with Gasteiger partial charge in [0.1, 0.15) is 0 Å². The van der Waals surface area contributed by atoms with E-state index in [-0.39, 0.29) is 11.6 Å².